The van der Waals surface area contributed by atoms with Gasteiger partial charge in [-0.1, -0.05) is 36.0 Å². The predicted octanol–water partition coefficient (Wildman–Crippen LogP) is 7.98. The van der Waals surface area contributed by atoms with Crippen molar-refractivity contribution in [3.05, 3.63) is 88.8 Å². The van der Waals surface area contributed by atoms with Gasteiger partial charge in [0.05, 0.1) is 25.6 Å². The maximum absolute atomic E-state index is 12.6. The molecular formula is C33H36F2N4O2S. The molecule has 0 spiro atoms. The molecule has 0 saturated carbocycles. The lowest BCUT2D eigenvalue weighted by Gasteiger charge is -2.31. The van der Waals surface area contributed by atoms with Crippen LogP contribution in [-0.2, 0) is 4.74 Å². The molecule has 220 valence electrons. The molecule has 2 aromatic carbocycles. The second-order valence-electron chi connectivity index (χ2n) is 10.0. The van der Waals surface area contributed by atoms with Gasteiger partial charge in [0.2, 0.25) is 0 Å². The Labute approximate surface area is 250 Å². The molecule has 1 aromatic heterocycles. The van der Waals surface area contributed by atoms with Gasteiger partial charge in [0, 0.05) is 48.0 Å². The van der Waals surface area contributed by atoms with E-state index in [1.807, 2.05) is 18.3 Å². The molecule has 42 heavy (non-hydrogen) atoms. The van der Waals surface area contributed by atoms with E-state index >= 15 is 0 Å². The van der Waals surface area contributed by atoms with Gasteiger partial charge in [-0.2, -0.15) is 19.0 Å². The highest BCUT2D eigenvalue weighted by molar-refractivity contribution is 7.99. The number of hydrogen-bond acceptors (Lipinski definition) is 7. The van der Waals surface area contributed by atoms with Gasteiger partial charge in [0.15, 0.2) is 0 Å². The monoisotopic (exact) mass is 590 g/mol. The molecule has 0 N–H and O–H groups in total. The largest absolute Gasteiger partial charge is 0.455 e. The summed E-state index contributed by atoms with van der Waals surface area (Å²) in [4.78, 5) is 5.27. The minimum Gasteiger partial charge on any atom is -0.455 e. The molecule has 1 fully saturated rings. The van der Waals surface area contributed by atoms with E-state index in [2.05, 4.69) is 64.2 Å². The van der Waals surface area contributed by atoms with Crippen molar-refractivity contribution in [2.24, 2.45) is 10.2 Å². The third-order valence-electron chi connectivity index (χ3n) is 7.42. The van der Waals surface area contributed by atoms with Crippen LogP contribution in [0, 0.1) is 0 Å². The number of ether oxygens (including phenoxy) is 1. The van der Waals surface area contributed by atoms with Crippen molar-refractivity contribution in [3.8, 4) is 11.3 Å². The number of morpholine rings is 1. The molecular weight excluding hydrogens is 554 g/mol. The standard InChI is InChI=1S/C33H36F2N4O2S/c1-3-38(4-2)28-11-5-24(6-12-28)21-26-7-8-27(32(26)39-17-19-40-20-18-39)22-36-37-23-29-13-16-31(41-29)25-9-14-30(15-10-25)42-33(34)35/h5-6,9-16,21-23,33H,3-4,7-8,17-20H2,1-2H3/b26-21+,36-22-,37-23-. The van der Waals surface area contributed by atoms with Crippen LogP contribution in [0.1, 0.15) is 38.0 Å². The Hall–Kier alpha value is -3.69. The summed E-state index contributed by atoms with van der Waals surface area (Å²) in [5, 5.41) is 8.62. The zero-order chi connectivity index (χ0) is 29.3. The van der Waals surface area contributed by atoms with E-state index in [-0.39, 0.29) is 0 Å². The summed E-state index contributed by atoms with van der Waals surface area (Å²) in [6.45, 7) is 9.47. The molecule has 1 aliphatic heterocycles. The second-order valence-corrected chi connectivity index (χ2v) is 11.1. The highest BCUT2D eigenvalue weighted by atomic mass is 32.2. The summed E-state index contributed by atoms with van der Waals surface area (Å²) in [5.74, 6) is -1.23. The normalized spacial score (nSPS) is 17.1. The van der Waals surface area contributed by atoms with Gasteiger partial charge < -0.3 is 19.0 Å². The van der Waals surface area contributed by atoms with Crippen molar-refractivity contribution in [1.82, 2.24) is 4.90 Å². The van der Waals surface area contributed by atoms with E-state index in [9.17, 15) is 8.78 Å². The van der Waals surface area contributed by atoms with E-state index < -0.39 is 5.76 Å². The molecule has 2 aliphatic rings. The Morgan fingerprint density at radius 1 is 0.905 bits per heavy atom. The van der Waals surface area contributed by atoms with Gasteiger partial charge in [-0.15, -0.1) is 0 Å². The topological polar surface area (TPSA) is 53.6 Å². The fourth-order valence-electron chi connectivity index (χ4n) is 5.31. The fourth-order valence-corrected chi connectivity index (χ4v) is 5.81. The Kier molecular flexibility index (Phi) is 10.3. The first-order chi connectivity index (χ1) is 20.5. The van der Waals surface area contributed by atoms with Gasteiger partial charge in [-0.05, 0) is 85.9 Å². The molecule has 3 aromatic rings. The predicted molar refractivity (Wildman–Crippen MR) is 169 cm³/mol. The van der Waals surface area contributed by atoms with Gasteiger partial charge in [0.1, 0.15) is 11.5 Å². The molecule has 5 rings (SSSR count). The van der Waals surface area contributed by atoms with E-state index in [0.29, 0.717) is 41.4 Å². The summed E-state index contributed by atoms with van der Waals surface area (Å²) in [5.41, 5.74) is 6.96. The lowest BCUT2D eigenvalue weighted by Crippen LogP contribution is -2.36. The summed E-state index contributed by atoms with van der Waals surface area (Å²) >= 11 is 0.525. The van der Waals surface area contributed by atoms with E-state index in [0.717, 1.165) is 44.6 Å². The Morgan fingerprint density at radius 3 is 2.31 bits per heavy atom. The Morgan fingerprint density at radius 2 is 1.62 bits per heavy atom. The number of thioether (sulfide) groups is 1. The van der Waals surface area contributed by atoms with Crippen LogP contribution in [0.5, 0.6) is 0 Å². The summed E-state index contributed by atoms with van der Waals surface area (Å²) in [6.07, 6.45) is 7.59. The number of benzene rings is 2. The molecule has 0 unspecified atom stereocenters. The van der Waals surface area contributed by atoms with Crippen molar-refractivity contribution in [2.45, 2.75) is 37.3 Å². The molecule has 0 radical (unpaired) electrons. The third kappa shape index (κ3) is 7.57. The van der Waals surface area contributed by atoms with Crippen LogP contribution in [0.25, 0.3) is 17.4 Å². The van der Waals surface area contributed by atoms with Crippen LogP contribution in [0.15, 0.2) is 97.0 Å². The minimum absolute atomic E-state index is 0.514. The number of nitrogens with zero attached hydrogens (tertiary/aromatic N) is 4. The Balaban J connectivity index is 1.30. The van der Waals surface area contributed by atoms with Crippen LogP contribution in [0.2, 0.25) is 0 Å². The average Bonchev–Trinajstić information content (AvgIpc) is 3.64. The first kappa shape index (κ1) is 29.8. The van der Waals surface area contributed by atoms with Crippen LogP contribution in [-0.4, -0.2) is 62.5 Å². The molecule has 0 bridgehead atoms. The van der Waals surface area contributed by atoms with Crippen LogP contribution >= 0.6 is 11.8 Å². The van der Waals surface area contributed by atoms with Gasteiger partial charge in [-0.25, -0.2) is 0 Å². The van der Waals surface area contributed by atoms with Crippen molar-refractivity contribution in [3.63, 3.8) is 0 Å². The first-order valence-corrected chi connectivity index (χ1v) is 15.2. The van der Waals surface area contributed by atoms with Crippen LogP contribution < -0.4 is 4.90 Å². The van der Waals surface area contributed by atoms with Gasteiger partial charge >= 0.3 is 0 Å². The number of hydrogen-bond donors (Lipinski definition) is 0. The number of alkyl halides is 2. The highest BCUT2D eigenvalue weighted by Crippen LogP contribution is 2.35. The van der Waals surface area contributed by atoms with Gasteiger partial charge in [-0.3, -0.25) is 0 Å². The number of rotatable bonds is 11. The zero-order valence-corrected chi connectivity index (χ0v) is 24.8. The second kappa shape index (κ2) is 14.5. The fraction of sp³-hybridized carbons (Fsp3) is 0.333. The number of furan rings is 1. The average molecular weight is 591 g/mol. The number of anilines is 1. The zero-order valence-electron chi connectivity index (χ0n) is 24.0. The molecule has 1 saturated heterocycles. The quantitative estimate of drug-likeness (QED) is 0.129. The molecule has 0 atom stereocenters. The lowest BCUT2D eigenvalue weighted by atomic mass is 10.1. The number of allylic oxidation sites excluding steroid dienone is 2. The molecule has 1 aliphatic carbocycles. The summed E-state index contributed by atoms with van der Waals surface area (Å²) < 4.78 is 36.6. The molecule has 9 heteroatoms. The molecule has 0 amide bonds. The SMILES string of the molecule is CCN(CC)c1ccc(/C=C2\CCC(/C=N\N=C/c3ccc(-c4ccc(SC(F)F)cc4)o3)=C2N2CCOCC2)cc1. The molecule has 2 heterocycles. The van der Waals surface area contributed by atoms with Crippen molar-refractivity contribution < 1.29 is 17.9 Å². The van der Waals surface area contributed by atoms with Gasteiger partial charge in [0.25, 0.3) is 5.76 Å². The Bertz CT molecular complexity index is 1440. The van der Waals surface area contributed by atoms with Crippen LogP contribution in [0.4, 0.5) is 14.5 Å². The minimum atomic E-state index is -2.44. The maximum atomic E-state index is 12.6. The van der Waals surface area contributed by atoms with E-state index in [1.165, 1.54) is 28.1 Å². The van der Waals surface area contributed by atoms with Crippen molar-refractivity contribution in [2.75, 3.05) is 44.3 Å². The highest BCUT2D eigenvalue weighted by Gasteiger charge is 2.25. The van der Waals surface area contributed by atoms with E-state index in [1.54, 1.807) is 30.5 Å². The van der Waals surface area contributed by atoms with Crippen LogP contribution in [0.3, 0.4) is 0 Å². The maximum Gasteiger partial charge on any atom is 0.288 e. The third-order valence-corrected chi connectivity index (χ3v) is 8.14. The molecule has 6 nitrogen and oxygen atoms in total. The lowest BCUT2D eigenvalue weighted by molar-refractivity contribution is 0.0548. The van der Waals surface area contributed by atoms with E-state index in [4.69, 9.17) is 9.15 Å². The van der Waals surface area contributed by atoms with Crippen molar-refractivity contribution in [1.29, 1.82) is 0 Å². The summed E-state index contributed by atoms with van der Waals surface area (Å²) in [6, 6.07) is 19.3. The number of halogens is 2. The van der Waals surface area contributed by atoms with Crippen molar-refractivity contribution >= 4 is 36.0 Å². The smallest absolute Gasteiger partial charge is 0.288 e. The summed E-state index contributed by atoms with van der Waals surface area (Å²) in [7, 11) is 0. The first-order valence-electron chi connectivity index (χ1n) is 14.4.